The highest BCUT2D eigenvalue weighted by Crippen LogP contribution is 2.22. The van der Waals surface area contributed by atoms with E-state index in [2.05, 4.69) is 17.2 Å². The molecule has 1 aromatic heterocycles. The van der Waals surface area contributed by atoms with Crippen LogP contribution in [0.2, 0.25) is 0 Å². The van der Waals surface area contributed by atoms with Crippen molar-refractivity contribution in [1.29, 1.82) is 0 Å². The Labute approximate surface area is 161 Å². The molecule has 0 aliphatic rings. The van der Waals surface area contributed by atoms with Crippen LogP contribution in [0.4, 0.5) is 5.69 Å². The first-order valence-corrected chi connectivity index (χ1v) is 9.51. The zero-order valence-corrected chi connectivity index (χ0v) is 16.0. The van der Waals surface area contributed by atoms with Gasteiger partial charge in [-0.15, -0.1) is 11.3 Å². The van der Waals surface area contributed by atoms with Crippen molar-refractivity contribution >= 4 is 45.2 Å². The summed E-state index contributed by atoms with van der Waals surface area (Å²) in [6.45, 7) is 3.61. The first kappa shape index (κ1) is 18.8. The molecule has 3 aromatic rings. The van der Waals surface area contributed by atoms with Gasteiger partial charge in [-0.1, -0.05) is 31.2 Å². The van der Waals surface area contributed by atoms with Crippen LogP contribution in [0.3, 0.4) is 0 Å². The molecule has 0 fully saturated rings. The summed E-state index contributed by atoms with van der Waals surface area (Å²) in [5.74, 6) is -0.959. The van der Waals surface area contributed by atoms with Crippen molar-refractivity contribution in [3.8, 4) is 0 Å². The van der Waals surface area contributed by atoms with E-state index in [-0.39, 0.29) is 5.91 Å². The lowest BCUT2D eigenvalue weighted by molar-refractivity contribution is -0.148. The third kappa shape index (κ3) is 5.01. The molecule has 1 N–H and O–H groups in total. The number of nitrogens with zero attached hydrogens (tertiary/aromatic N) is 1. The maximum Gasteiger partial charge on any atom is 0.331 e. The topological polar surface area (TPSA) is 68.3 Å². The Kier molecular flexibility index (Phi) is 5.98. The smallest absolute Gasteiger partial charge is 0.331 e. The molecule has 1 atom stereocenters. The standard InChI is InChI=1S/C21H20N2O3S/c1-3-15-8-10-16(11-9-15)22-21(25)14(2)26-20(24)13-12-19-23-17-6-4-5-7-18(17)27-19/h4-14H,3H2,1-2H3,(H,22,25)/b13-12+/t14-/m0/s1. The molecule has 2 aromatic carbocycles. The van der Waals surface area contributed by atoms with Crippen LogP contribution in [0, 0.1) is 0 Å². The van der Waals surface area contributed by atoms with Gasteiger partial charge in [0.1, 0.15) is 5.01 Å². The minimum Gasteiger partial charge on any atom is -0.449 e. The van der Waals surface area contributed by atoms with Gasteiger partial charge in [0, 0.05) is 11.8 Å². The minimum atomic E-state index is -0.900. The number of aryl methyl sites for hydroxylation is 1. The second-order valence-corrected chi connectivity index (χ2v) is 7.03. The summed E-state index contributed by atoms with van der Waals surface area (Å²) in [6.07, 6.45) is 2.92. The number of anilines is 1. The molecule has 0 aliphatic carbocycles. The SMILES string of the molecule is CCc1ccc(NC(=O)[C@H](C)OC(=O)/C=C/c2nc3ccccc3s2)cc1. The molecule has 138 valence electrons. The van der Waals surface area contributed by atoms with E-state index in [1.54, 1.807) is 13.0 Å². The van der Waals surface area contributed by atoms with Crippen molar-refractivity contribution in [2.45, 2.75) is 26.4 Å². The van der Waals surface area contributed by atoms with Gasteiger partial charge in [0.25, 0.3) is 5.91 Å². The summed E-state index contributed by atoms with van der Waals surface area (Å²) in [4.78, 5) is 28.6. The maximum atomic E-state index is 12.2. The number of aromatic nitrogens is 1. The molecule has 27 heavy (non-hydrogen) atoms. The van der Waals surface area contributed by atoms with E-state index < -0.39 is 12.1 Å². The molecule has 0 unspecified atom stereocenters. The average Bonchev–Trinajstić information content (AvgIpc) is 3.10. The van der Waals surface area contributed by atoms with Gasteiger partial charge in [-0.2, -0.15) is 0 Å². The van der Waals surface area contributed by atoms with Gasteiger partial charge in [0.05, 0.1) is 10.2 Å². The van der Waals surface area contributed by atoms with Crippen LogP contribution in [-0.2, 0) is 20.7 Å². The van der Waals surface area contributed by atoms with Gasteiger partial charge in [-0.3, -0.25) is 4.79 Å². The number of rotatable bonds is 6. The quantitative estimate of drug-likeness (QED) is 0.507. The van der Waals surface area contributed by atoms with Crippen molar-refractivity contribution in [2.24, 2.45) is 0 Å². The Hall–Kier alpha value is -2.99. The zero-order valence-electron chi connectivity index (χ0n) is 15.1. The molecule has 0 aliphatic heterocycles. The summed E-state index contributed by atoms with van der Waals surface area (Å²) in [6, 6.07) is 15.3. The van der Waals surface area contributed by atoms with Crippen LogP contribution in [0.5, 0.6) is 0 Å². The van der Waals surface area contributed by atoms with Crippen LogP contribution in [0.25, 0.3) is 16.3 Å². The molecule has 1 heterocycles. The Bertz CT molecular complexity index is 944. The second kappa shape index (κ2) is 8.60. The number of para-hydroxylation sites is 1. The van der Waals surface area contributed by atoms with Crippen LogP contribution in [0.15, 0.2) is 54.6 Å². The number of thiazole rings is 1. The van der Waals surface area contributed by atoms with Gasteiger partial charge in [0.2, 0.25) is 0 Å². The summed E-state index contributed by atoms with van der Waals surface area (Å²) >= 11 is 1.48. The lowest BCUT2D eigenvalue weighted by Gasteiger charge is -2.12. The van der Waals surface area contributed by atoms with E-state index in [1.807, 2.05) is 48.5 Å². The van der Waals surface area contributed by atoms with E-state index in [1.165, 1.54) is 23.0 Å². The normalized spacial score (nSPS) is 12.2. The van der Waals surface area contributed by atoms with Gasteiger partial charge < -0.3 is 10.1 Å². The van der Waals surface area contributed by atoms with Gasteiger partial charge >= 0.3 is 5.97 Å². The Morgan fingerprint density at radius 3 is 2.63 bits per heavy atom. The van der Waals surface area contributed by atoms with E-state index in [9.17, 15) is 9.59 Å². The highest BCUT2D eigenvalue weighted by molar-refractivity contribution is 7.19. The number of hydrogen-bond acceptors (Lipinski definition) is 5. The van der Waals surface area contributed by atoms with E-state index in [0.717, 1.165) is 16.6 Å². The van der Waals surface area contributed by atoms with Crippen molar-refractivity contribution in [2.75, 3.05) is 5.32 Å². The van der Waals surface area contributed by atoms with Crippen molar-refractivity contribution in [3.63, 3.8) is 0 Å². The molecular weight excluding hydrogens is 360 g/mol. The number of carbonyl (C=O) groups excluding carboxylic acids is 2. The Balaban J connectivity index is 1.54. The van der Waals surface area contributed by atoms with E-state index in [4.69, 9.17) is 4.74 Å². The van der Waals surface area contributed by atoms with Gasteiger partial charge in [-0.05, 0) is 49.2 Å². The third-order valence-electron chi connectivity index (χ3n) is 3.96. The third-order valence-corrected chi connectivity index (χ3v) is 4.97. The molecule has 5 nitrogen and oxygen atoms in total. The van der Waals surface area contributed by atoms with Crippen molar-refractivity contribution in [3.05, 3.63) is 65.2 Å². The van der Waals surface area contributed by atoms with E-state index >= 15 is 0 Å². The van der Waals surface area contributed by atoms with Crippen molar-refractivity contribution < 1.29 is 14.3 Å². The number of amides is 1. The first-order valence-electron chi connectivity index (χ1n) is 8.69. The molecule has 1 amide bonds. The van der Waals surface area contributed by atoms with Crippen LogP contribution < -0.4 is 5.32 Å². The summed E-state index contributed by atoms with van der Waals surface area (Å²) in [5.41, 5.74) is 2.75. The number of ether oxygens (including phenoxy) is 1. The summed E-state index contributed by atoms with van der Waals surface area (Å²) < 4.78 is 6.21. The fourth-order valence-corrected chi connectivity index (χ4v) is 3.31. The van der Waals surface area contributed by atoms with Crippen LogP contribution >= 0.6 is 11.3 Å². The molecule has 0 saturated carbocycles. The number of benzene rings is 2. The Morgan fingerprint density at radius 2 is 1.93 bits per heavy atom. The molecule has 0 radical (unpaired) electrons. The molecular formula is C21H20N2O3S. The van der Waals surface area contributed by atoms with Crippen LogP contribution in [-0.4, -0.2) is 23.0 Å². The first-order chi connectivity index (χ1) is 13.0. The predicted octanol–water partition coefficient (Wildman–Crippen LogP) is 4.44. The molecule has 0 bridgehead atoms. The number of esters is 1. The summed E-state index contributed by atoms with van der Waals surface area (Å²) in [5, 5.41) is 3.45. The largest absolute Gasteiger partial charge is 0.449 e. The van der Waals surface area contributed by atoms with E-state index in [0.29, 0.717) is 10.7 Å². The number of fused-ring (bicyclic) bond motifs is 1. The van der Waals surface area contributed by atoms with Crippen molar-refractivity contribution in [1.82, 2.24) is 4.98 Å². The van der Waals surface area contributed by atoms with Crippen LogP contribution in [0.1, 0.15) is 24.4 Å². The molecule has 6 heteroatoms. The lowest BCUT2D eigenvalue weighted by atomic mass is 10.1. The average molecular weight is 380 g/mol. The number of carbonyl (C=O) groups is 2. The van der Waals surface area contributed by atoms with Gasteiger partial charge in [0.15, 0.2) is 6.10 Å². The maximum absolute atomic E-state index is 12.2. The molecule has 0 spiro atoms. The fourth-order valence-electron chi connectivity index (χ4n) is 2.44. The monoisotopic (exact) mass is 380 g/mol. The lowest BCUT2D eigenvalue weighted by Crippen LogP contribution is -2.29. The zero-order chi connectivity index (χ0) is 19.2. The van der Waals surface area contributed by atoms with Gasteiger partial charge in [-0.25, -0.2) is 9.78 Å². The number of nitrogens with one attached hydrogen (secondary N) is 1. The molecule has 3 rings (SSSR count). The molecule has 0 saturated heterocycles. The number of hydrogen-bond donors (Lipinski definition) is 1. The second-order valence-electron chi connectivity index (χ2n) is 5.97. The Morgan fingerprint density at radius 1 is 1.19 bits per heavy atom. The highest BCUT2D eigenvalue weighted by atomic mass is 32.1. The predicted molar refractivity (Wildman–Crippen MR) is 109 cm³/mol. The minimum absolute atomic E-state index is 0.374. The fraction of sp³-hybridized carbons (Fsp3) is 0.190. The summed E-state index contributed by atoms with van der Waals surface area (Å²) in [7, 11) is 0. The highest BCUT2D eigenvalue weighted by Gasteiger charge is 2.16.